The minimum Gasteiger partial charge on any atom is -0.454 e. The van der Waals surface area contributed by atoms with Crippen LogP contribution in [0.3, 0.4) is 0 Å². The second kappa shape index (κ2) is 12.4. The van der Waals surface area contributed by atoms with E-state index < -0.39 is 6.61 Å². The Morgan fingerprint density at radius 3 is 2.58 bits per heavy atom. The van der Waals surface area contributed by atoms with Crippen LogP contribution in [0.2, 0.25) is 0 Å². The number of aliphatic imine (C=N–C) groups is 1. The number of hydrogen-bond donors (Lipinski definition) is 2. The van der Waals surface area contributed by atoms with Gasteiger partial charge in [-0.25, -0.2) is 0 Å². The second-order valence-corrected chi connectivity index (χ2v) is 7.19. The summed E-state index contributed by atoms with van der Waals surface area (Å²) >= 11 is 0. The maximum atomic E-state index is 12.8. The summed E-state index contributed by atoms with van der Waals surface area (Å²) in [6.45, 7) is -2.18. The van der Waals surface area contributed by atoms with Gasteiger partial charge in [-0.05, 0) is 30.2 Å². The average Bonchev–Trinajstić information content (AvgIpc) is 3.22. The molecule has 0 saturated carbocycles. The molecule has 2 N–H and O–H groups in total. The molecule has 2 aromatic rings. The van der Waals surface area contributed by atoms with Crippen LogP contribution in [0.15, 0.2) is 41.4 Å². The van der Waals surface area contributed by atoms with Crippen LogP contribution in [0, 0.1) is 0 Å². The number of halogens is 3. The van der Waals surface area contributed by atoms with E-state index in [1.165, 1.54) is 11.0 Å². The van der Waals surface area contributed by atoms with Gasteiger partial charge in [0.05, 0.1) is 0 Å². The number of amides is 1. The molecule has 1 amide bonds. The SMILES string of the molecule is CN=C(NCCc1cccc(C(=O)N(C)C)c1)NCc1cc2c(cc1OC(F)F)OCO2.I. The van der Waals surface area contributed by atoms with Gasteiger partial charge in [0.15, 0.2) is 17.5 Å². The number of nitrogens with one attached hydrogen (secondary N) is 2. The Bertz CT molecular complexity index is 989. The standard InChI is InChI=1S/C22H26F2N4O4.HI/c1-25-22(26-8-7-14-5-4-6-15(9-14)20(29)28(2)3)27-12-16-10-18-19(31-13-30-18)11-17(16)32-21(23)24;/h4-6,9-11,21H,7-8,12-13H2,1-3H3,(H2,25,26,27);1H. The highest BCUT2D eigenvalue weighted by Crippen LogP contribution is 2.38. The molecule has 0 saturated heterocycles. The van der Waals surface area contributed by atoms with Crippen LogP contribution >= 0.6 is 24.0 Å². The predicted molar refractivity (Wildman–Crippen MR) is 131 cm³/mol. The van der Waals surface area contributed by atoms with Crippen LogP contribution in [0.25, 0.3) is 0 Å². The molecule has 180 valence electrons. The van der Waals surface area contributed by atoms with Gasteiger partial charge in [0, 0.05) is 51.4 Å². The fourth-order valence-electron chi connectivity index (χ4n) is 3.15. The van der Waals surface area contributed by atoms with Crippen molar-refractivity contribution in [2.75, 3.05) is 34.5 Å². The number of fused-ring (bicyclic) bond motifs is 1. The molecule has 1 aliphatic rings. The van der Waals surface area contributed by atoms with E-state index in [-0.39, 0.29) is 49.0 Å². The maximum Gasteiger partial charge on any atom is 0.387 e. The first kappa shape index (κ1) is 26.4. The zero-order valence-electron chi connectivity index (χ0n) is 18.6. The lowest BCUT2D eigenvalue weighted by atomic mass is 10.1. The van der Waals surface area contributed by atoms with Crippen LogP contribution in [0.5, 0.6) is 17.2 Å². The highest BCUT2D eigenvalue weighted by atomic mass is 127. The molecular formula is C22H27F2IN4O4. The van der Waals surface area contributed by atoms with Gasteiger partial charge in [-0.2, -0.15) is 8.78 Å². The summed E-state index contributed by atoms with van der Waals surface area (Å²) in [5.41, 5.74) is 2.11. The summed E-state index contributed by atoms with van der Waals surface area (Å²) in [7, 11) is 5.04. The van der Waals surface area contributed by atoms with Gasteiger partial charge in [-0.1, -0.05) is 12.1 Å². The molecule has 0 fully saturated rings. The minimum absolute atomic E-state index is 0. The molecule has 0 atom stereocenters. The van der Waals surface area contributed by atoms with Crippen LogP contribution in [-0.4, -0.2) is 57.9 Å². The summed E-state index contributed by atoms with van der Waals surface area (Å²) < 4.78 is 40.8. The van der Waals surface area contributed by atoms with Crippen molar-refractivity contribution in [2.45, 2.75) is 19.6 Å². The highest BCUT2D eigenvalue weighted by Gasteiger charge is 2.20. The Hall–Kier alpha value is -2.83. The summed E-state index contributed by atoms with van der Waals surface area (Å²) in [4.78, 5) is 17.8. The van der Waals surface area contributed by atoms with E-state index in [1.54, 1.807) is 33.3 Å². The third kappa shape index (κ3) is 7.34. The largest absolute Gasteiger partial charge is 0.454 e. The molecule has 0 radical (unpaired) electrons. The lowest BCUT2D eigenvalue weighted by Crippen LogP contribution is -2.38. The zero-order valence-corrected chi connectivity index (χ0v) is 20.9. The fourth-order valence-corrected chi connectivity index (χ4v) is 3.15. The van der Waals surface area contributed by atoms with Gasteiger partial charge in [0.2, 0.25) is 6.79 Å². The van der Waals surface area contributed by atoms with Crippen molar-refractivity contribution in [1.82, 2.24) is 15.5 Å². The molecule has 0 aliphatic carbocycles. The number of carbonyl (C=O) groups excluding carboxylic acids is 1. The van der Waals surface area contributed by atoms with Gasteiger partial charge >= 0.3 is 6.61 Å². The lowest BCUT2D eigenvalue weighted by molar-refractivity contribution is -0.0505. The van der Waals surface area contributed by atoms with E-state index in [0.717, 1.165) is 5.56 Å². The molecule has 3 rings (SSSR count). The van der Waals surface area contributed by atoms with Crippen LogP contribution < -0.4 is 24.8 Å². The van der Waals surface area contributed by atoms with E-state index >= 15 is 0 Å². The zero-order chi connectivity index (χ0) is 23.1. The molecule has 0 unspecified atom stereocenters. The highest BCUT2D eigenvalue weighted by molar-refractivity contribution is 14.0. The molecule has 1 heterocycles. The Kier molecular flexibility index (Phi) is 9.95. The lowest BCUT2D eigenvalue weighted by Gasteiger charge is -2.15. The average molecular weight is 576 g/mol. The van der Waals surface area contributed by atoms with E-state index in [9.17, 15) is 13.6 Å². The van der Waals surface area contributed by atoms with Crippen molar-refractivity contribution in [3.8, 4) is 17.2 Å². The number of nitrogens with zero attached hydrogens (tertiary/aromatic N) is 2. The predicted octanol–water partition coefficient (Wildman–Crippen LogP) is 3.24. The summed E-state index contributed by atoms with van der Waals surface area (Å²) in [6, 6.07) is 10.4. The fraction of sp³-hybridized carbons (Fsp3) is 0.364. The number of guanidine groups is 1. The molecule has 0 spiro atoms. The van der Waals surface area contributed by atoms with Crippen molar-refractivity contribution in [3.05, 3.63) is 53.1 Å². The van der Waals surface area contributed by atoms with E-state index in [0.29, 0.717) is 41.6 Å². The molecule has 11 heteroatoms. The number of rotatable bonds is 8. The van der Waals surface area contributed by atoms with Gasteiger partial charge in [-0.3, -0.25) is 9.79 Å². The van der Waals surface area contributed by atoms with E-state index in [2.05, 4.69) is 20.4 Å². The number of alkyl halides is 2. The van der Waals surface area contributed by atoms with Crippen LogP contribution in [-0.2, 0) is 13.0 Å². The van der Waals surface area contributed by atoms with Gasteiger partial charge < -0.3 is 29.7 Å². The van der Waals surface area contributed by atoms with Gasteiger partial charge in [0.25, 0.3) is 5.91 Å². The van der Waals surface area contributed by atoms with E-state index in [4.69, 9.17) is 9.47 Å². The molecule has 0 aromatic heterocycles. The summed E-state index contributed by atoms with van der Waals surface area (Å²) in [5, 5.41) is 6.25. The number of benzene rings is 2. The van der Waals surface area contributed by atoms with Crippen LogP contribution in [0.1, 0.15) is 21.5 Å². The molecule has 2 aromatic carbocycles. The third-order valence-corrected chi connectivity index (χ3v) is 4.73. The topological polar surface area (TPSA) is 84.4 Å². The molecular weight excluding hydrogens is 549 g/mol. The molecule has 33 heavy (non-hydrogen) atoms. The van der Waals surface area contributed by atoms with E-state index in [1.807, 2.05) is 18.2 Å². The summed E-state index contributed by atoms with van der Waals surface area (Å²) in [5.74, 6) is 1.28. The van der Waals surface area contributed by atoms with Gasteiger partial charge in [-0.15, -0.1) is 24.0 Å². The Morgan fingerprint density at radius 2 is 1.91 bits per heavy atom. The van der Waals surface area contributed by atoms with Crippen molar-refractivity contribution in [2.24, 2.45) is 4.99 Å². The second-order valence-electron chi connectivity index (χ2n) is 7.19. The third-order valence-electron chi connectivity index (χ3n) is 4.73. The summed E-state index contributed by atoms with van der Waals surface area (Å²) in [6.07, 6.45) is 0.666. The molecule has 1 aliphatic heterocycles. The Labute approximate surface area is 208 Å². The van der Waals surface area contributed by atoms with Gasteiger partial charge in [0.1, 0.15) is 5.75 Å². The van der Waals surface area contributed by atoms with Crippen molar-refractivity contribution in [3.63, 3.8) is 0 Å². The Balaban J connectivity index is 0.00000385. The van der Waals surface area contributed by atoms with Crippen LogP contribution in [0.4, 0.5) is 8.78 Å². The monoisotopic (exact) mass is 576 g/mol. The first-order chi connectivity index (χ1) is 15.4. The number of carbonyl (C=O) groups is 1. The Morgan fingerprint density at radius 1 is 1.18 bits per heavy atom. The van der Waals surface area contributed by atoms with Crippen molar-refractivity contribution >= 4 is 35.8 Å². The first-order valence-electron chi connectivity index (χ1n) is 10.00. The number of hydrogen-bond acceptors (Lipinski definition) is 5. The first-order valence-corrected chi connectivity index (χ1v) is 10.00. The normalized spacial score (nSPS) is 12.2. The molecule has 0 bridgehead atoms. The quantitative estimate of drug-likeness (QED) is 0.286. The minimum atomic E-state index is -2.96. The maximum absolute atomic E-state index is 12.8. The smallest absolute Gasteiger partial charge is 0.387 e. The molecule has 8 nitrogen and oxygen atoms in total. The van der Waals surface area contributed by atoms with Crippen molar-refractivity contribution < 1.29 is 27.8 Å². The number of ether oxygens (including phenoxy) is 3. The van der Waals surface area contributed by atoms with Crippen molar-refractivity contribution in [1.29, 1.82) is 0 Å².